The first-order chi connectivity index (χ1) is 16.2. The maximum absolute atomic E-state index is 12.9. The van der Waals surface area contributed by atoms with Crippen LogP contribution in [0.1, 0.15) is 19.5 Å². The molecule has 3 atom stereocenters. The van der Waals surface area contributed by atoms with Crippen molar-refractivity contribution in [3.8, 4) is 6.07 Å². The summed E-state index contributed by atoms with van der Waals surface area (Å²) in [5.74, 6) is -2.73. The highest BCUT2D eigenvalue weighted by Gasteiger charge is 2.55. The summed E-state index contributed by atoms with van der Waals surface area (Å²) in [7, 11) is 0. The Morgan fingerprint density at radius 3 is 2.82 bits per heavy atom. The average Bonchev–Trinajstić information content (AvgIpc) is 3.20. The van der Waals surface area contributed by atoms with Crippen LogP contribution in [-0.2, 0) is 28.7 Å². The minimum absolute atomic E-state index is 0.0339. The molecule has 13 nitrogen and oxygen atoms in total. The van der Waals surface area contributed by atoms with E-state index >= 15 is 0 Å². The Balaban J connectivity index is 1.78. The number of hydrogen-bond acceptors (Lipinski definition) is 14. The van der Waals surface area contributed by atoms with E-state index in [0.29, 0.717) is 4.91 Å². The number of nitriles is 1. The minimum atomic E-state index is -1.20. The van der Waals surface area contributed by atoms with E-state index in [0.717, 1.165) is 34.9 Å². The third kappa shape index (κ3) is 5.26. The zero-order chi connectivity index (χ0) is 25.0. The Bertz CT molecular complexity index is 1130. The molecule has 1 fully saturated rings. The summed E-state index contributed by atoms with van der Waals surface area (Å²) in [4.78, 5) is 55.0. The number of β-lactam (4-membered cyclic amide) rings is 1. The molecule has 0 spiro atoms. The summed E-state index contributed by atoms with van der Waals surface area (Å²) in [6.45, 7) is 2.50. The van der Waals surface area contributed by atoms with E-state index in [1.54, 1.807) is 0 Å². The first-order valence-corrected chi connectivity index (χ1v) is 12.4. The van der Waals surface area contributed by atoms with Crippen molar-refractivity contribution >= 4 is 69.5 Å². The van der Waals surface area contributed by atoms with Crippen LogP contribution in [-0.4, -0.2) is 73.8 Å². The molecule has 34 heavy (non-hydrogen) atoms. The van der Waals surface area contributed by atoms with Gasteiger partial charge in [-0.2, -0.15) is 5.26 Å². The van der Waals surface area contributed by atoms with E-state index in [1.807, 2.05) is 6.07 Å². The zero-order valence-electron chi connectivity index (χ0n) is 17.7. The lowest BCUT2D eigenvalue weighted by molar-refractivity contribution is -0.182. The van der Waals surface area contributed by atoms with Crippen LogP contribution < -0.4 is 11.1 Å². The Kier molecular flexibility index (Phi) is 8.02. The standard InChI is InChI=1S/C18H18N6O7S3/c1-7(25)30-8(2)31-17(28)13-10(32-4-3-19)6-33-16-12(15(27)24(13)16)22-14(26)11(23-29)9-5-34-18(20)21-9/h5,8,12,16,29H,4,6H2,1-2H3,(H2,20,21)(H,22,26)/b23-11-/t8?,12-,16+/m1/s1. The van der Waals surface area contributed by atoms with Gasteiger partial charge in [0.25, 0.3) is 11.8 Å². The van der Waals surface area contributed by atoms with E-state index in [-0.39, 0.29) is 28.0 Å². The molecule has 1 unspecified atom stereocenters. The van der Waals surface area contributed by atoms with E-state index in [4.69, 9.17) is 20.5 Å². The van der Waals surface area contributed by atoms with Crippen LogP contribution in [0.4, 0.5) is 5.13 Å². The number of oxime groups is 1. The van der Waals surface area contributed by atoms with Crippen molar-refractivity contribution in [1.82, 2.24) is 15.2 Å². The van der Waals surface area contributed by atoms with Crippen molar-refractivity contribution in [3.63, 3.8) is 0 Å². The summed E-state index contributed by atoms with van der Waals surface area (Å²) >= 11 is 3.39. The molecule has 16 heteroatoms. The number of hydrogen-bond donors (Lipinski definition) is 3. The largest absolute Gasteiger partial charge is 0.426 e. The number of carbonyl (C=O) groups is 4. The maximum atomic E-state index is 12.9. The van der Waals surface area contributed by atoms with Crippen LogP contribution in [0.25, 0.3) is 0 Å². The lowest BCUT2D eigenvalue weighted by atomic mass is 10.0. The van der Waals surface area contributed by atoms with Crippen LogP contribution >= 0.6 is 34.9 Å². The van der Waals surface area contributed by atoms with Gasteiger partial charge in [0.1, 0.15) is 22.8 Å². The van der Waals surface area contributed by atoms with Gasteiger partial charge in [-0.15, -0.1) is 34.9 Å². The molecule has 0 saturated carbocycles. The molecular formula is C18H18N6O7S3. The van der Waals surface area contributed by atoms with Crippen LogP contribution in [0.3, 0.4) is 0 Å². The molecule has 1 aromatic heterocycles. The summed E-state index contributed by atoms with van der Waals surface area (Å²) in [6, 6.07) is 0.928. The molecule has 4 N–H and O–H groups in total. The number of thioether (sulfide) groups is 2. The predicted molar refractivity (Wildman–Crippen MR) is 122 cm³/mol. The fourth-order valence-electron chi connectivity index (χ4n) is 3.09. The SMILES string of the molecule is CC(=O)OC(C)OC(=O)C1=C(SCC#N)CS[C@H]2[C@H](NC(=O)/C(=N\O)c3csc(N)n3)C(=O)N12. The number of nitrogen functional groups attached to an aromatic ring is 1. The molecule has 0 radical (unpaired) electrons. The first kappa shape index (κ1) is 25.3. The molecule has 1 saturated heterocycles. The van der Waals surface area contributed by atoms with Gasteiger partial charge in [-0.3, -0.25) is 19.3 Å². The monoisotopic (exact) mass is 526 g/mol. The summed E-state index contributed by atoms with van der Waals surface area (Å²) in [6.07, 6.45) is -1.20. The second-order valence-electron chi connectivity index (χ2n) is 6.68. The second kappa shape index (κ2) is 10.8. The smallest absolute Gasteiger partial charge is 0.359 e. The van der Waals surface area contributed by atoms with Gasteiger partial charge >= 0.3 is 11.9 Å². The lowest BCUT2D eigenvalue weighted by Gasteiger charge is -2.49. The van der Waals surface area contributed by atoms with Crippen LogP contribution in [0.2, 0.25) is 0 Å². The van der Waals surface area contributed by atoms with Crippen molar-refractivity contribution in [2.45, 2.75) is 31.6 Å². The summed E-state index contributed by atoms with van der Waals surface area (Å²) in [5.41, 5.74) is 5.09. The van der Waals surface area contributed by atoms with Crippen molar-refractivity contribution in [2.75, 3.05) is 17.2 Å². The normalized spacial score (nSPS) is 20.6. The first-order valence-electron chi connectivity index (χ1n) is 9.48. The van der Waals surface area contributed by atoms with Gasteiger partial charge in [0.05, 0.1) is 11.8 Å². The van der Waals surface area contributed by atoms with Gasteiger partial charge < -0.3 is 25.7 Å². The fourth-order valence-corrected chi connectivity index (χ4v) is 5.93. The number of esters is 2. The van der Waals surface area contributed by atoms with Crippen molar-refractivity contribution in [1.29, 1.82) is 5.26 Å². The van der Waals surface area contributed by atoms with Crippen molar-refractivity contribution < 1.29 is 33.9 Å². The van der Waals surface area contributed by atoms with Gasteiger partial charge in [0.2, 0.25) is 6.29 Å². The molecule has 180 valence electrons. The number of nitrogens with two attached hydrogens (primary N) is 1. The van der Waals surface area contributed by atoms with Gasteiger partial charge in [-0.25, -0.2) is 9.78 Å². The number of anilines is 1. The Labute approximate surface area is 205 Å². The molecule has 1 aromatic rings. The number of fused-ring (bicyclic) bond motifs is 1. The highest BCUT2D eigenvalue weighted by molar-refractivity contribution is 8.06. The number of thiazole rings is 1. The molecule has 3 heterocycles. The van der Waals surface area contributed by atoms with Crippen molar-refractivity contribution in [3.05, 3.63) is 21.7 Å². The minimum Gasteiger partial charge on any atom is -0.426 e. The molecular weight excluding hydrogens is 508 g/mol. The molecule has 2 aliphatic heterocycles. The molecule has 0 aliphatic carbocycles. The molecule has 0 bridgehead atoms. The number of rotatable bonds is 8. The van der Waals surface area contributed by atoms with Crippen LogP contribution in [0.15, 0.2) is 21.1 Å². The lowest BCUT2D eigenvalue weighted by Crippen LogP contribution is -2.71. The molecule has 2 amide bonds. The number of carbonyl (C=O) groups excluding carboxylic acids is 4. The highest BCUT2D eigenvalue weighted by Crippen LogP contribution is 2.43. The van der Waals surface area contributed by atoms with E-state index in [2.05, 4.69) is 15.5 Å². The topological polar surface area (TPSA) is 197 Å². The van der Waals surface area contributed by atoms with Gasteiger partial charge in [-0.05, 0) is 0 Å². The number of aromatic nitrogens is 1. The Morgan fingerprint density at radius 2 is 2.24 bits per heavy atom. The van der Waals surface area contributed by atoms with Gasteiger partial charge in [-0.1, -0.05) is 5.16 Å². The predicted octanol–water partition coefficient (Wildman–Crippen LogP) is 0.224. The molecule has 0 aromatic carbocycles. The number of amides is 2. The zero-order valence-corrected chi connectivity index (χ0v) is 20.2. The fraction of sp³-hybridized carbons (Fsp3) is 0.389. The van der Waals surface area contributed by atoms with E-state index in [1.165, 1.54) is 24.1 Å². The number of nitrogens with zero attached hydrogens (tertiary/aromatic N) is 4. The van der Waals surface area contributed by atoms with Crippen molar-refractivity contribution in [2.24, 2.45) is 5.16 Å². The molecule has 2 aliphatic rings. The average molecular weight is 527 g/mol. The van der Waals surface area contributed by atoms with E-state index < -0.39 is 47.2 Å². The van der Waals surface area contributed by atoms with E-state index in [9.17, 15) is 24.4 Å². The Hall–Kier alpha value is -3.29. The maximum Gasteiger partial charge on any atom is 0.359 e. The number of nitrogens with one attached hydrogen (secondary N) is 1. The third-order valence-electron chi connectivity index (χ3n) is 4.41. The quantitative estimate of drug-likeness (QED) is 0.104. The Morgan fingerprint density at radius 1 is 1.50 bits per heavy atom. The van der Waals surface area contributed by atoms with Crippen LogP contribution in [0.5, 0.6) is 0 Å². The van der Waals surface area contributed by atoms with Gasteiger partial charge in [0.15, 0.2) is 10.8 Å². The second-order valence-corrected chi connectivity index (χ2v) is 9.75. The third-order valence-corrected chi connectivity index (χ3v) is 7.50. The summed E-state index contributed by atoms with van der Waals surface area (Å²) < 4.78 is 9.96. The molecule has 3 rings (SSSR count). The van der Waals surface area contributed by atoms with Gasteiger partial charge in [0, 0.05) is 29.9 Å². The summed E-state index contributed by atoms with van der Waals surface area (Å²) in [5, 5.41) is 24.6. The highest BCUT2D eigenvalue weighted by atomic mass is 32.2. The van der Waals surface area contributed by atoms with Crippen LogP contribution in [0, 0.1) is 11.3 Å². The number of ether oxygens (including phenoxy) is 2.